The van der Waals surface area contributed by atoms with Crippen molar-refractivity contribution in [3.63, 3.8) is 0 Å². The van der Waals surface area contributed by atoms with Crippen LogP contribution in [-0.4, -0.2) is 22.0 Å². The van der Waals surface area contributed by atoms with E-state index in [4.69, 9.17) is 5.26 Å². The Kier molecular flexibility index (Phi) is 4.27. The van der Waals surface area contributed by atoms with E-state index in [2.05, 4.69) is 29.0 Å². The third-order valence-corrected chi connectivity index (χ3v) is 4.27. The Bertz CT molecular complexity index is 396. The molecule has 0 unspecified atom stereocenters. The molecule has 4 heteroatoms. The van der Waals surface area contributed by atoms with E-state index in [1.54, 1.807) is 12.3 Å². The molecule has 1 aliphatic rings. The molecule has 1 N–H and O–H groups in total. The van der Waals surface area contributed by atoms with Gasteiger partial charge in [-0.2, -0.15) is 17.0 Å². The maximum Gasteiger partial charge on any atom is 0.140 e. The van der Waals surface area contributed by atoms with Gasteiger partial charge in [-0.1, -0.05) is 6.92 Å². The van der Waals surface area contributed by atoms with Gasteiger partial charge in [-0.3, -0.25) is 0 Å². The lowest BCUT2D eigenvalue weighted by Gasteiger charge is -2.14. The molecule has 0 aromatic carbocycles. The quantitative estimate of drug-likeness (QED) is 0.888. The normalized spacial score (nSPS) is 23.3. The Labute approximate surface area is 107 Å². The Morgan fingerprint density at radius 2 is 2.41 bits per heavy atom. The van der Waals surface area contributed by atoms with Crippen molar-refractivity contribution < 1.29 is 0 Å². The second-order valence-corrected chi connectivity index (χ2v) is 5.85. The van der Waals surface area contributed by atoms with Gasteiger partial charge in [0, 0.05) is 11.3 Å². The molecule has 1 heterocycles. The van der Waals surface area contributed by atoms with Crippen molar-refractivity contribution in [2.24, 2.45) is 0 Å². The topological polar surface area (TPSA) is 48.7 Å². The van der Waals surface area contributed by atoms with Crippen LogP contribution in [0.5, 0.6) is 0 Å². The number of rotatable bonds is 4. The molecule has 0 saturated heterocycles. The summed E-state index contributed by atoms with van der Waals surface area (Å²) in [5, 5.41) is 13.0. The summed E-state index contributed by atoms with van der Waals surface area (Å²) in [5.41, 5.74) is 1.50. The number of hydrogen-bond acceptors (Lipinski definition) is 4. The molecule has 0 spiro atoms. The van der Waals surface area contributed by atoms with Crippen LogP contribution in [0.15, 0.2) is 18.3 Å². The van der Waals surface area contributed by atoms with Gasteiger partial charge in [-0.05, 0) is 37.1 Å². The van der Waals surface area contributed by atoms with Gasteiger partial charge < -0.3 is 5.32 Å². The van der Waals surface area contributed by atoms with Crippen LogP contribution in [0.3, 0.4) is 0 Å². The van der Waals surface area contributed by atoms with Gasteiger partial charge in [0.1, 0.15) is 11.8 Å². The van der Waals surface area contributed by atoms with Gasteiger partial charge in [0.2, 0.25) is 0 Å². The SMILES string of the molecule is CCS[C@@H]1CC[C@@H](Nc2ccc(C#N)nc2)C1. The van der Waals surface area contributed by atoms with Gasteiger partial charge in [0.05, 0.1) is 11.9 Å². The van der Waals surface area contributed by atoms with Gasteiger partial charge in [-0.15, -0.1) is 0 Å². The Morgan fingerprint density at radius 1 is 1.53 bits per heavy atom. The largest absolute Gasteiger partial charge is 0.381 e. The molecule has 2 rings (SSSR count). The van der Waals surface area contributed by atoms with Gasteiger partial charge in [0.25, 0.3) is 0 Å². The average molecular weight is 247 g/mol. The smallest absolute Gasteiger partial charge is 0.140 e. The van der Waals surface area contributed by atoms with E-state index in [0.29, 0.717) is 11.7 Å². The maximum absolute atomic E-state index is 8.67. The summed E-state index contributed by atoms with van der Waals surface area (Å²) < 4.78 is 0. The number of aromatic nitrogens is 1. The van der Waals surface area contributed by atoms with Gasteiger partial charge >= 0.3 is 0 Å². The van der Waals surface area contributed by atoms with Crippen molar-refractivity contribution in [3.8, 4) is 6.07 Å². The van der Waals surface area contributed by atoms with Crippen molar-refractivity contribution in [3.05, 3.63) is 24.0 Å². The molecule has 0 bridgehead atoms. The van der Waals surface area contributed by atoms with E-state index in [1.165, 1.54) is 25.0 Å². The minimum absolute atomic E-state index is 0.474. The maximum atomic E-state index is 8.67. The fraction of sp³-hybridized carbons (Fsp3) is 0.538. The van der Waals surface area contributed by atoms with E-state index in [-0.39, 0.29) is 0 Å². The Balaban J connectivity index is 1.87. The lowest BCUT2D eigenvalue weighted by Crippen LogP contribution is -2.16. The van der Waals surface area contributed by atoms with Crippen molar-refractivity contribution in [1.29, 1.82) is 5.26 Å². The van der Waals surface area contributed by atoms with Crippen LogP contribution in [0.1, 0.15) is 31.9 Å². The minimum Gasteiger partial charge on any atom is -0.381 e. The molecule has 1 aromatic rings. The molecule has 1 aromatic heterocycles. The Morgan fingerprint density at radius 3 is 3.06 bits per heavy atom. The van der Waals surface area contributed by atoms with Crippen molar-refractivity contribution >= 4 is 17.4 Å². The van der Waals surface area contributed by atoms with Crippen LogP contribution >= 0.6 is 11.8 Å². The average Bonchev–Trinajstić information content (AvgIpc) is 2.78. The van der Waals surface area contributed by atoms with E-state index in [0.717, 1.165) is 10.9 Å². The molecule has 0 amide bonds. The zero-order valence-corrected chi connectivity index (χ0v) is 10.8. The summed E-state index contributed by atoms with van der Waals surface area (Å²) in [7, 11) is 0. The van der Waals surface area contributed by atoms with Crippen molar-refractivity contribution in [1.82, 2.24) is 4.98 Å². The van der Waals surface area contributed by atoms with Crippen LogP contribution < -0.4 is 5.32 Å². The first-order chi connectivity index (χ1) is 8.31. The number of nitriles is 1. The molecule has 0 radical (unpaired) electrons. The van der Waals surface area contributed by atoms with Crippen LogP contribution in [0.2, 0.25) is 0 Å². The summed E-state index contributed by atoms with van der Waals surface area (Å²) in [6, 6.07) is 6.29. The summed E-state index contributed by atoms with van der Waals surface area (Å²) in [6.45, 7) is 2.22. The van der Waals surface area contributed by atoms with Crippen LogP contribution in [-0.2, 0) is 0 Å². The van der Waals surface area contributed by atoms with E-state index < -0.39 is 0 Å². The first-order valence-corrected chi connectivity index (χ1v) is 7.11. The molecule has 3 nitrogen and oxygen atoms in total. The lowest BCUT2D eigenvalue weighted by molar-refractivity contribution is 0.756. The standard InChI is InChI=1S/C13H17N3S/c1-2-17-13-6-5-10(7-13)16-12-4-3-11(8-14)15-9-12/h3-4,9-10,13,16H,2,5-7H2,1H3/t10-,13-/m1/s1. The number of thioether (sulfide) groups is 1. The third kappa shape index (κ3) is 3.37. The highest BCUT2D eigenvalue weighted by molar-refractivity contribution is 7.99. The van der Waals surface area contributed by atoms with E-state index in [9.17, 15) is 0 Å². The van der Waals surface area contributed by atoms with Crippen molar-refractivity contribution in [2.75, 3.05) is 11.1 Å². The highest BCUT2D eigenvalue weighted by Gasteiger charge is 2.24. The predicted molar refractivity (Wildman–Crippen MR) is 72.1 cm³/mol. The first kappa shape index (κ1) is 12.3. The molecule has 17 heavy (non-hydrogen) atoms. The second-order valence-electron chi connectivity index (χ2n) is 4.28. The van der Waals surface area contributed by atoms with Gasteiger partial charge in [0.15, 0.2) is 0 Å². The molecule has 1 aliphatic carbocycles. The van der Waals surface area contributed by atoms with Crippen LogP contribution in [0, 0.1) is 11.3 Å². The fourth-order valence-electron chi connectivity index (χ4n) is 2.24. The first-order valence-electron chi connectivity index (χ1n) is 6.06. The second kappa shape index (κ2) is 5.92. The molecule has 1 saturated carbocycles. The van der Waals surface area contributed by atoms with Crippen molar-refractivity contribution in [2.45, 2.75) is 37.5 Å². The minimum atomic E-state index is 0.474. The molecular weight excluding hydrogens is 230 g/mol. The summed E-state index contributed by atoms with van der Waals surface area (Å²) >= 11 is 2.06. The zero-order chi connectivity index (χ0) is 12.1. The highest BCUT2D eigenvalue weighted by Crippen LogP contribution is 2.31. The molecular formula is C13H17N3S. The summed E-state index contributed by atoms with van der Waals surface area (Å²) in [4.78, 5) is 4.07. The predicted octanol–water partition coefficient (Wildman–Crippen LogP) is 3.04. The number of hydrogen-bond donors (Lipinski definition) is 1. The van der Waals surface area contributed by atoms with Crippen LogP contribution in [0.4, 0.5) is 5.69 Å². The molecule has 2 atom stereocenters. The molecule has 90 valence electrons. The molecule has 1 fully saturated rings. The zero-order valence-electron chi connectivity index (χ0n) is 10.0. The monoisotopic (exact) mass is 247 g/mol. The Hall–Kier alpha value is -1.21. The molecule has 0 aliphatic heterocycles. The third-order valence-electron chi connectivity index (χ3n) is 3.04. The summed E-state index contributed by atoms with van der Waals surface area (Å²) in [6.07, 6.45) is 5.52. The van der Waals surface area contributed by atoms with E-state index in [1.807, 2.05) is 12.1 Å². The lowest BCUT2D eigenvalue weighted by atomic mass is 10.2. The number of nitrogens with zero attached hydrogens (tertiary/aromatic N) is 2. The van der Waals surface area contributed by atoms with Crippen LogP contribution in [0.25, 0.3) is 0 Å². The van der Waals surface area contributed by atoms with E-state index >= 15 is 0 Å². The number of pyridine rings is 1. The number of nitrogens with one attached hydrogen (secondary N) is 1. The fourth-order valence-corrected chi connectivity index (χ4v) is 3.38. The highest BCUT2D eigenvalue weighted by atomic mass is 32.2. The number of anilines is 1. The summed E-state index contributed by atoms with van der Waals surface area (Å²) in [5.74, 6) is 1.20. The van der Waals surface area contributed by atoms with Gasteiger partial charge in [-0.25, -0.2) is 4.98 Å².